The summed E-state index contributed by atoms with van der Waals surface area (Å²) >= 11 is 0. The predicted octanol–water partition coefficient (Wildman–Crippen LogP) is -5.37. The van der Waals surface area contributed by atoms with Crippen molar-refractivity contribution in [1.29, 1.82) is 0 Å². The first kappa shape index (κ1) is 39.5. The molecule has 0 aliphatic rings. The third-order valence-electron chi connectivity index (χ3n) is 6.29. The highest BCUT2D eigenvalue weighted by molar-refractivity contribution is 5.76. The zero-order valence-corrected chi connectivity index (χ0v) is 32.3. The van der Waals surface area contributed by atoms with Crippen molar-refractivity contribution in [3.05, 3.63) is 170 Å². The lowest BCUT2D eigenvalue weighted by molar-refractivity contribution is -0.345. The number of benzene rings is 4. The van der Waals surface area contributed by atoms with Crippen molar-refractivity contribution in [3.63, 3.8) is 0 Å². The Morgan fingerprint density at radius 1 is 0.227 bits per heavy atom. The van der Waals surface area contributed by atoms with Gasteiger partial charge in [0.25, 0.3) is 0 Å². The Morgan fingerprint density at radius 2 is 0.409 bits per heavy atom. The van der Waals surface area contributed by atoms with Crippen molar-refractivity contribution >= 4 is 43.6 Å². The number of para-hydroxylation sites is 4. The molecule has 4 nitrogen and oxygen atoms in total. The second-order valence-corrected chi connectivity index (χ2v) is 9.03. The zero-order chi connectivity index (χ0) is 27.2. The maximum atomic E-state index is 3.15. The second kappa shape index (κ2) is 22.0. The first-order chi connectivity index (χ1) is 19.9. The fraction of sp³-hybridized carbons (Fsp3) is 0. The van der Waals surface area contributed by atoms with Crippen LogP contribution in [0.4, 0.5) is 0 Å². The van der Waals surface area contributed by atoms with E-state index in [1.807, 2.05) is 97.6 Å². The van der Waals surface area contributed by atoms with Gasteiger partial charge < -0.3 is 95.9 Å². The molecule has 0 saturated carbocycles. The van der Waals surface area contributed by atoms with Crippen molar-refractivity contribution in [2.24, 2.45) is 0 Å². The summed E-state index contributed by atoms with van der Waals surface area (Å²) in [4.78, 5) is 12.6. The molecule has 4 N–H and O–H groups in total. The number of rotatable bonds is 0. The molecule has 0 fully saturated rings. The number of nitrogens with one attached hydrogen (secondary N) is 4. The van der Waals surface area contributed by atoms with Gasteiger partial charge in [0.05, 0.1) is 0 Å². The molecule has 0 atom stereocenters. The third-order valence-corrected chi connectivity index (χ3v) is 6.29. The Labute approximate surface area is 326 Å². The summed E-state index contributed by atoms with van der Waals surface area (Å²) in [7, 11) is 0. The van der Waals surface area contributed by atoms with Gasteiger partial charge in [0, 0.05) is 70.1 Å². The van der Waals surface area contributed by atoms with E-state index in [9.17, 15) is 0 Å². The van der Waals surface area contributed by atoms with Crippen LogP contribution in [0.1, 0.15) is 0 Å². The summed E-state index contributed by atoms with van der Waals surface area (Å²) in [5.41, 5.74) is 4.74. The smallest absolute Gasteiger partial charge is 0.210 e. The molecule has 4 aromatic heterocycles. The summed E-state index contributed by atoms with van der Waals surface area (Å²) in [5.74, 6) is 0. The van der Waals surface area contributed by atoms with E-state index >= 15 is 0 Å². The minimum absolute atomic E-state index is 0. The van der Waals surface area contributed by atoms with E-state index < -0.39 is 0 Å². The number of aromatic nitrogens is 4. The summed E-state index contributed by atoms with van der Waals surface area (Å²) in [6.45, 7) is 0. The Bertz CT molecular complexity index is 1410. The van der Waals surface area contributed by atoms with Crippen molar-refractivity contribution in [2.75, 3.05) is 0 Å². The van der Waals surface area contributed by atoms with Crippen LogP contribution in [0.25, 0.3) is 43.6 Å². The van der Waals surface area contributed by atoms with Gasteiger partial charge in [0.1, 0.15) is 0 Å². The predicted molar refractivity (Wildman–Crippen MR) is 162 cm³/mol. The quantitative estimate of drug-likeness (QED) is 0.137. The van der Waals surface area contributed by atoms with Crippen molar-refractivity contribution in [3.8, 4) is 0 Å². The van der Waals surface area contributed by atoms with Crippen molar-refractivity contribution in [2.45, 2.75) is 0 Å². The standard InChI is InChI=1S/4C9H7N.4HI/c4*1-2-6-9-8(4-1)5-3-7-10-9;;;;/h4*1-7H;4*1H. The minimum atomic E-state index is 0. The zero-order valence-electron chi connectivity index (χ0n) is 23.7. The molecule has 4 heterocycles. The summed E-state index contributed by atoms with van der Waals surface area (Å²) < 4.78 is 0. The SMILES string of the molecule is [I-].[I-].[I-].[I-].c1ccc2[nH+]cccc2c1.c1ccc2[nH+]cccc2c1.c1ccc2[nH+]cccc2c1.c1ccc2[nH+]cccc2c1. The maximum Gasteiger partial charge on any atom is 0.210 e. The van der Waals surface area contributed by atoms with Gasteiger partial charge in [-0.25, -0.2) is 19.9 Å². The molecular formula is C36H32I4N4. The van der Waals surface area contributed by atoms with E-state index in [0.29, 0.717) is 0 Å². The number of hydrogen-bond donors (Lipinski definition) is 0. The lowest BCUT2D eigenvalue weighted by Crippen LogP contribution is -3.00. The van der Waals surface area contributed by atoms with E-state index in [0.717, 1.165) is 0 Å². The van der Waals surface area contributed by atoms with Gasteiger partial charge in [-0.05, 0) is 48.5 Å². The highest BCUT2D eigenvalue weighted by Crippen LogP contribution is 2.07. The summed E-state index contributed by atoms with van der Waals surface area (Å²) in [6.07, 6.45) is 7.73. The molecule has 0 aliphatic heterocycles. The number of halogens is 4. The van der Waals surface area contributed by atoms with Crippen LogP contribution in [0.5, 0.6) is 0 Å². The molecule has 0 amide bonds. The number of H-pyrrole nitrogens is 4. The molecule has 8 aromatic rings. The number of fused-ring (bicyclic) bond motifs is 4. The van der Waals surface area contributed by atoms with Crippen LogP contribution >= 0.6 is 0 Å². The molecule has 0 radical (unpaired) electrons. The van der Waals surface area contributed by atoms with E-state index in [2.05, 4.69) is 92.7 Å². The highest BCUT2D eigenvalue weighted by Gasteiger charge is 1.95. The molecular weight excluding hydrogens is 996 g/mol. The van der Waals surface area contributed by atoms with Gasteiger partial charge in [0.15, 0.2) is 24.8 Å². The average molecular weight is 1030 g/mol. The number of pyridine rings is 4. The summed E-state index contributed by atoms with van der Waals surface area (Å²) in [6, 6.07) is 49.2. The molecule has 0 bridgehead atoms. The van der Waals surface area contributed by atoms with Crippen LogP contribution < -0.4 is 116 Å². The molecule has 44 heavy (non-hydrogen) atoms. The number of aromatic amines is 4. The molecule has 8 heteroatoms. The van der Waals surface area contributed by atoms with Crippen molar-refractivity contribution in [1.82, 2.24) is 0 Å². The molecule has 224 valence electrons. The van der Waals surface area contributed by atoms with E-state index in [1.54, 1.807) is 0 Å². The fourth-order valence-electron chi connectivity index (χ4n) is 4.25. The van der Waals surface area contributed by atoms with Crippen LogP contribution in [0.2, 0.25) is 0 Å². The Balaban J connectivity index is 0.000000285. The molecule has 8 rings (SSSR count). The Hall–Kier alpha value is -2.56. The first-order valence-corrected chi connectivity index (χ1v) is 13.3. The maximum absolute atomic E-state index is 3.15. The Kier molecular flexibility index (Phi) is 19.8. The van der Waals surface area contributed by atoms with E-state index in [4.69, 9.17) is 0 Å². The normalized spacial score (nSPS) is 9.09. The minimum Gasteiger partial charge on any atom is -1.00 e. The van der Waals surface area contributed by atoms with Gasteiger partial charge in [-0.3, -0.25) is 0 Å². The van der Waals surface area contributed by atoms with Crippen LogP contribution in [0.3, 0.4) is 0 Å². The molecule has 0 aliphatic carbocycles. The molecule has 0 saturated heterocycles. The van der Waals surface area contributed by atoms with Gasteiger partial charge in [-0.1, -0.05) is 48.5 Å². The lowest BCUT2D eigenvalue weighted by atomic mass is 10.2. The lowest BCUT2D eigenvalue weighted by Gasteiger charge is -1.85. The molecule has 4 aromatic carbocycles. The Morgan fingerprint density at radius 3 is 0.614 bits per heavy atom. The molecule has 0 unspecified atom stereocenters. The van der Waals surface area contributed by atoms with Gasteiger partial charge >= 0.3 is 0 Å². The molecule has 0 spiro atoms. The van der Waals surface area contributed by atoms with E-state index in [1.165, 1.54) is 43.6 Å². The largest absolute Gasteiger partial charge is 1.00 e. The second-order valence-electron chi connectivity index (χ2n) is 9.03. The van der Waals surface area contributed by atoms with Crippen LogP contribution in [-0.4, -0.2) is 0 Å². The van der Waals surface area contributed by atoms with Crippen LogP contribution in [0.15, 0.2) is 170 Å². The van der Waals surface area contributed by atoms with Crippen LogP contribution in [-0.2, 0) is 0 Å². The fourth-order valence-corrected chi connectivity index (χ4v) is 4.25. The number of hydrogen-bond acceptors (Lipinski definition) is 0. The topological polar surface area (TPSA) is 56.6 Å². The van der Waals surface area contributed by atoms with Crippen molar-refractivity contribution < 1.29 is 116 Å². The third kappa shape index (κ3) is 12.1. The van der Waals surface area contributed by atoms with Gasteiger partial charge in [0.2, 0.25) is 22.1 Å². The monoisotopic (exact) mass is 1030 g/mol. The van der Waals surface area contributed by atoms with Gasteiger partial charge in [-0.15, -0.1) is 0 Å². The summed E-state index contributed by atoms with van der Waals surface area (Å²) in [5, 5.41) is 5.02. The highest BCUT2D eigenvalue weighted by atomic mass is 127. The van der Waals surface area contributed by atoms with Gasteiger partial charge in [-0.2, -0.15) is 0 Å². The first-order valence-electron chi connectivity index (χ1n) is 13.3. The van der Waals surface area contributed by atoms with E-state index in [-0.39, 0.29) is 95.9 Å². The van der Waals surface area contributed by atoms with Crippen LogP contribution in [0, 0.1) is 0 Å². The average Bonchev–Trinajstić information content (AvgIpc) is 3.06.